The summed E-state index contributed by atoms with van der Waals surface area (Å²) in [6.07, 6.45) is 4.88. The molecule has 0 aromatic rings. The lowest BCUT2D eigenvalue weighted by atomic mass is 10.5. The zero-order chi connectivity index (χ0) is 11.6. The minimum Gasteiger partial charge on any atom is -0.177 e. The molecule has 0 radical (unpaired) electrons. The van der Waals surface area contributed by atoms with Gasteiger partial charge in [0.1, 0.15) is 0 Å². The first-order valence-corrected chi connectivity index (χ1v) is 9.32. The van der Waals surface area contributed by atoms with E-state index in [2.05, 4.69) is 47.9 Å². The Bertz CT molecular complexity index is 185. The van der Waals surface area contributed by atoms with Crippen molar-refractivity contribution in [3.8, 4) is 11.2 Å². The zero-order valence-corrected chi connectivity index (χ0v) is 12.8. The molecule has 0 saturated carbocycles. The zero-order valence-electron chi connectivity index (χ0n) is 10.4. The third-order valence-electron chi connectivity index (χ3n) is 2.29. The SMILES string of the molecule is CCCS(C#CCCBr)(CCC)CCC. The molecule has 0 nitrogen and oxygen atoms in total. The van der Waals surface area contributed by atoms with Gasteiger partial charge in [-0.15, -0.1) is 0 Å². The van der Waals surface area contributed by atoms with Crippen molar-refractivity contribution in [3.05, 3.63) is 0 Å². The van der Waals surface area contributed by atoms with Gasteiger partial charge in [-0.2, -0.15) is 10.0 Å². The largest absolute Gasteiger partial charge is 0.177 e. The monoisotopic (exact) mass is 292 g/mol. The first kappa shape index (κ1) is 15.4. The summed E-state index contributed by atoms with van der Waals surface area (Å²) in [7, 11) is -0.601. The minimum absolute atomic E-state index is 0.601. The van der Waals surface area contributed by atoms with Crippen LogP contribution in [0.15, 0.2) is 0 Å². The van der Waals surface area contributed by atoms with Gasteiger partial charge in [0, 0.05) is 11.8 Å². The van der Waals surface area contributed by atoms with Gasteiger partial charge in [0.05, 0.1) is 0 Å². The molecule has 0 aliphatic carbocycles. The summed E-state index contributed by atoms with van der Waals surface area (Å²) in [6.45, 7) is 6.87. The van der Waals surface area contributed by atoms with Gasteiger partial charge in [-0.3, -0.25) is 0 Å². The molecule has 0 spiro atoms. The Balaban J connectivity index is 4.54. The normalized spacial score (nSPS) is 12.0. The molecule has 0 rings (SSSR count). The van der Waals surface area contributed by atoms with Gasteiger partial charge in [0.15, 0.2) is 0 Å². The fourth-order valence-electron chi connectivity index (χ4n) is 1.88. The third-order valence-corrected chi connectivity index (χ3v) is 6.84. The number of halogens is 1. The van der Waals surface area contributed by atoms with Crippen molar-refractivity contribution < 1.29 is 0 Å². The van der Waals surface area contributed by atoms with Crippen LogP contribution in [0.5, 0.6) is 0 Å². The molecule has 15 heavy (non-hydrogen) atoms. The Hall–Kier alpha value is 0.390. The maximum atomic E-state index is 3.64. The summed E-state index contributed by atoms with van der Waals surface area (Å²) in [5.74, 6) is 7.42. The maximum Gasteiger partial charge on any atom is 0.0194 e. The highest BCUT2D eigenvalue weighted by Crippen LogP contribution is 2.48. The highest BCUT2D eigenvalue weighted by Gasteiger charge is 2.18. The Morgan fingerprint density at radius 2 is 1.40 bits per heavy atom. The fourth-order valence-corrected chi connectivity index (χ4v) is 5.75. The van der Waals surface area contributed by atoms with Crippen molar-refractivity contribution >= 4 is 26.0 Å². The van der Waals surface area contributed by atoms with E-state index in [1.54, 1.807) is 0 Å². The second kappa shape index (κ2) is 9.60. The molecule has 0 heterocycles. The van der Waals surface area contributed by atoms with Crippen molar-refractivity contribution in [2.24, 2.45) is 0 Å². The molecule has 0 saturated heterocycles. The van der Waals surface area contributed by atoms with Crippen molar-refractivity contribution in [1.29, 1.82) is 0 Å². The molecule has 0 aliphatic rings. The molecule has 0 amide bonds. The van der Waals surface area contributed by atoms with Gasteiger partial charge < -0.3 is 0 Å². The number of hydrogen-bond acceptors (Lipinski definition) is 0. The highest BCUT2D eigenvalue weighted by molar-refractivity contribution is 9.09. The van der Waals surface area contributed by atoms with E-state index in [1.165, 1.54) is 36.5 Å². The molecule has 0 aromatic carbocycles. The van der Waals surface area contributed by atoms with E-state index in [0.717, 1.165) is 11.8 Å². The van der Waals surface area contributed by atoms with E-state index in [0.29, 0.717) is 0 Å². The Morgan fingerprint density at radius 3 is 1.73 bits per heavy atom. The molecular weight excluding hydrogens is 268 g/mol. The molecule has 0 atom stereocenters. The summed E-state index contributed by atoms with van der Waals surface area (Å²) < 4.78 is 0. The molecule has 0 fully saturated rings. The standard InChI is InChI=1S/C13H25BrS/c1-4-10-15(11-5-2,12-6-3)13-8-7-9-14/h4-7,9-12H2,1-3H3. The summed E-state index contributed by atoms with van der Waals surface area (Å²) in [6, 6.07) is 0. The second-order valence-electron chi connectivity index (χ2n) is 3.88. The molecule has 0 bridgehead atoms. The highest BCUT2D eigenvalue weighted by atomic mass is 79.9. The van der Waals surface area contributed by atoms with Crippen LogP contribution in [0.25, 0.3) is 0 Å². The van der Waals surface area contributed by atoms with Crippen LogP contribution in [-0.2, 0) is 0 Å². The fraction of sp³-hybridized carbons (Fsp3) is 0.846. The van der Waals surface area contributed by atoms with Crippen LogP contribution in [0.2, 0.25) is 0 Å². The molecule has 0 aromatic heterocycles. The summed E-state index contributed by atoms with van der Waals surface area (Å²) in [4.78, 5) is 0. The average Bonchev–Trinajstić information content (AvgIpc) is 2.19. The van der Waals surface area contributed by atoms with Gasteiger partial charge in [0.25, 0.3) is 0 Å². The van der Waals surface area contributed by atoms with Crippen LogP contribution in [0, 0.1) is 11.2 Å². The van der Waals surface area contributed by atoms with Crippen LogP contribution in [0.4, 0.5) is 0 Å². The average molecular weight is 293 g/mol. The second-order valence-corrected chi connectivity index (χ2v) is 8.19. The van der Waals surface area contributed by atoms with Gasteiger partial charge in [-0.1, -0.05) is 47.9 Å². The van der Waals surface area contributed by atoms with Crippen LogP contribution < -0.4 is 0 Å². The first-order chi connectivity index (χ1) is 7.24. The van der Waals surface area contributed by atoms with Crippen molar-refractivity contribution in [3.63, 3.8) is 0 Å². The summed E-state index contributed by atoms with van der Waals surface area (Å²) in [5, 5.41) is 4.65. The minimum atomic E-state index is -0.601. The van der Waals surface area contributed by atoms with Crippen molar-refractivity contribution in [1.82, 2.24) is 0 Å². The number of hydrogen-bond donors (Lipinski definition) is 0. The Kier molecular flexibility index (Phi) is 9.85. The van der Waals surface area contributed by atoms with Crippen molar-refractivity contribution in [2.75, 3.05) is 22.6 Å². The summed E-state index contributed by atoms with van der Waals surface area (Å²) in [5.41, 5.74) is 0. The molecule has 90 valence electrons. The van der Waals surface area contributed by atoms with E-state index >= 15 is 0 Å². The molecule has 0 unspecified atom stereocenters. The lowest BCUT2D eigenvalue weighted by molar-refractivity contribution is 1.02. The molecule has 0 aliphatic heterocycles. The molecule has 2 heteroatoms. The van der Waals surface area contributed by atoms with E-state index in [-0.39, 0.29) is 0 Å². The van der Waals surface area contributed by atoms with Gasteiger partial charge in [0.2, 0.25) is 0 Å². The number of alkyl halides is 1. The van der Waals surface area contributed by atoms with E-state index in [4.69, 9.17) is 0 Å². The number of rotatable bonds is 7. The topological polar surface area (TPSA) is 0 Å². The van der Waals surface area contributed by atoms with E-state index < -0.39 is 10.0 Å². The van der Waals surface area contributed by atoms with Crippen LogP contribution in [-0.4, -0.2) is 22.6 Å². The van der Waals surface area contributed by atoms with E-state index in [9.17, 15) is 0 Å². The third kappa shape index (κ3) is 6.53. The quantitative estimate of drug-likeness (QED) is 0.468. The lowest BCUT2D eigenvalue weighted by Gasteiger charge is -2.34. The first-order valence-electron chi connectivity index (χ1n) is 6.06. The van der Waals surface area contributed by atoms with E-state index in [1.807, 2.05) is 0 Å². The van der Waals surface area contributed by atoms with Gasteiger partial charge in [-0.05, 0) is 36.5 Å². The molecule has 0 N–H and O–H groups in total. The van der Waals surface area contributed by atoms with Crippen LogP contribution >= 0.6 is 26.0 Å². The summed E-state index contributed by atoms with van der Waals surface area (Å²) >= 11 is 3.44. The Morgan fingerprint density at radius 1 is 0.933 bits per heavy atom. The predicted octanol–water partition coefficient (Wildman–Crippen LogP) is 4.77. The molecular formula is C13H25BrS. The van der Waals surface area contributed by atoms with Crippen molar-refractivity contribution in [2.45, 2.75) is 46.5 Å². The predicted molar refractivity (Wildman–Crippen MR) is 79.3 cm³/mol. The Labute approximate surface area is 106 Å². The van der Waals surface area contributed by atoms with Crippen LogP contribution in [0.1, 0.15) is 46.5 Å². The van der Waals surface area contributed by atoms with Gasteiger partial charge in [-0.25, -0.2) is 0 Å². The lowest BCUT2D eigenvalue weighted by Crippen LogP contribution is -2.10. The van der Waals surface area contributed by atoms with Gasteiger partial charge >= 0.3 is 0 Å². The maximum absolute atomic E-state index is 3.64. The smallest absolute Gasteiger partial charge is 0.0194 e. The van der Waals surface area contributed by atoms with Crippen LogP contribution in [0.3, 0.4) is 0 Å².